The third kappa shape index (κ3) is 6.14. The number of piperidine rings is 1. The van der Waals surface area contributed by atoms with Crippen LogP contribution < -0.4 is 5.32 Å². The van der Waals surface area contributed by atoms with Crippen molar-refractivity contribution in [2.24, 2.45) is 5.92 Å². The number of carbonyl (C=O) groups excluding carboxylic acids is 3. The zero-order valence-corrected chi connectivity index (χ0v) is 20.3. The van der Waals surface area contributed by atoms with Crippen molar-refractivity contribution in [3.63, 3.8) is 0 Å². The molecule has 1 saturated heterocycles. The Morgan fingerprint density at radius 1 is 1.03 bits per heavy atom. The Bertz CT molecular complexity index is 981. The van der Waals surface area contributed by atoms with E-state index >= 15 is 0 Å². The lowest BCUT2D eigenvalue weighted by atomic mass is 9.87. The molecule has 1 heterocycles. The van der Waals surface area contributed by atoms with Crippen LogP contribution in [0.1, 0.15) is 53.0 Å². The van der Waals surface area contributed by atoms with Gasteiger partial charge in [0, 0.05) is 42.3 Å². The number of likely N-dealkylation sites (N-methyl/N-ethyl adjacent to an activating group) is 1. The van der Waals surface area contributed by atoms with Gasteiger partial charge in [-0.05, 0) is 75.9 Å². The molecule has 1 aliphatic rings. The molecule has 0 saturated carbocycles. The average molecular weight is 470 g/mol. The van der Waals surface area contributed by atoms with Gasteiger partial charge in [-0.2, -0.15) is 0 Å². The maximum Gasteiger partial charge on any atom is 0.253 e. The molecule has 1 aliphatic heterocycles. The van der Waals surface area contributed by atoms with Crippen LogP contribution in [0.3, 0.4) is 0 Å². The Labute approximate surface area is 200 Å². The van der Waals surface area contributed by atoms with Gasteiger partial charge in [0.05, 0.1) is 0 Å². The summed E-state index contributed by atoms with van der Waals surface area (Å²) in [7, 11) is 0. The first-order valence-corrected chi connectivity index (χ1v) is 11.9. The van der Waals surface area contributed by atoms with E-state index in [2.05, 4.69) is 5.32 Å². The van der Waals surface area contributed by atoms with Crippen LogP contribution in [-0.2, 0) is 4.79 Å². The molecule has 0 spiro atoms. The second-order valence-corrected chi connectivity index (χ2v) is 8.90. The number of halogens is 1. The quantitative estimate of drug-likeness (QED) is 0.661. The van der Waals surface area contributed by atoms with Crippen molar-refractivity contribution in [2.75, 3.05) is 26.2 Å². The second kappa shape index (κ2) is 11.3. The lowest BCUT2D eigenvalue weighted by Crippen LogP contribution is -2.54. The van der Waals surface area contributed by atoms with Gasteiger partial charge in [-0.3, -0.25) is 14.4 Å². The van der Waals surface area contributed by atoms with Gasteiger partial charge in [0.15, 0.2) is 0 Å². The van der Waals surface area contributed by atoms with Gasteiger partial charge in [-0.1, -0.05) is 29.3 Å². The Kier molecular flexibility index (Phi) is 8.50. The van der Waals surface area contributed by atoms with Gasteiger partial charge < -0.3 is 15.1 Å². The fourth-order valence-corrected chi connectivity index (χ4v) is 4.46. The van der Waals surface area contributed by atoms with E-state index in [-0.39, 0.29) is 23.6 Å². The molecule has 33 heavy (non-hydrogen) atoms. The first kappa shape index (κ1) is 24.8. The predicted molar refractivity (Wildman–Crippen MR) is 130 cm³/mol. The minimum absolute atomic E-state index is 0.0406. The van der Waals surface area contributed by atoms with Crippen molar-refractivity contribution >= 4 is 29.3 Å². The largest absolute Gasteiger partial charge is 0.341 e. The number of likely N-dealkylation sites (tertiary alicyclic amines) is 1. The van der Waals surface area contributed by atoms with E-state index in [0.29, 0.717) is 55.2 Å². The highest BCUT2D eigenvalue weighted by Crippen LogP contribution is 2.24. The van der Waals surface area contributed by atoms with Crippen molar-refractivity contribution < 1.29 is 14.4 Å². The smallest absolute Gasteiger partial charge is 0.253 e. The zero-order valence-electron chi connectivity index (χ0n) is 19.5. The summed E-state index contributed by atoms with van der Waals surface area (Å²) >= 11 is 5.93. The van der Waals surface area contributed by atoms with Gasteiger partial charge in [-0.25, -0.2) is 0 Å². The van der Waals surface area contributed by atoms with Crippen LogP contribution in [-0.4, -0.2) is 59.7 Å². The first-order valence-electron chi connectivity index (χ1n) is 11.5. The summed E-state index contributed by atoms with van der Waals surface area (Å²) in [6, 6.07) is 13.6. The lowest BCUT2D eigenvalue weighted by molar-refractivity contribution is -0.134. The molecule has 0 radical (unpaired) electrons. The highest BCUT2D eigenvalue weighted by atomic mass is 35.5. The molecule has 0 aromatic heterocycles. The van der Waals surface area contributed by atoms with Crippen molar-refractivity contribution in [1.29, 1.82) is 0 Å². The summed E-state index contributed by atoms with van der Waals surface area (Å²) in [5.41, 5.74) is 2.13. The Morgan fingerprint density at radius 3 is 2.24 bits per heavy atom. The van der Waals surface area contributed by atoms with E-state index in [1.165, 1.54) is 0 Å². The average Bonchev–Trinajstić information content (AvgIpc) is 2.83. The van der Waals surface area contributed by atoms with Gasteiger partial charge in [0.25, 0.3) is 11.8 Å². The molecule has 3 rings (SSSR count). The van der Waals surface area contributed by atoms with Crippen molar-refractivity contribution in [2.45, 2.75) is 39.7 Å². The highest BCUT2D eigenvalue weighted by molar-refractivity contribution is 6.30. The number of aryl methyl sites for hydroxylation is 1. The minimum atomic E-state index is -0.620. The third-order valence-electron chi connectivity index (χ3n) is 6.30. The van der Waals surface area contributed by atoms with Crippen LogP contribution in [0.4, 0.5) is 0 Å². The second-order valence-electron chi connectivity index (χ2n) is 8.47. The molecule has 1 atom stereocenters. The predicted octanol–water partition coefficient (Wildman–Crippen LogP) is 4.17. The third-order valence-corrected chi connectivity index (χ3v) is 6.55. The van der Waals surface area contributed by atoms with E-state index in [1.54, 1.807) is 40.1 Å². The topological polar surface area (TPSA) is 69.7 Å². The summed E-state index contributed by atoms with van der Waals surface area (Å²) in [6.45, 7) is 8.05. The highest BCUT2D eigenvalue weighted by Gasteiger charge is 2.35. The van der Waals surface area contributed by atoms with Gasteiger partial charge in [0.1, 0.15) is 6.04 Å². The normalized spacial score (nSPS) is 15.1. The fourth-order valence-electron chi connectivity index (χ4n) is 4.33. The summed E-state index contributed by atoms with van der Waals surface area (Å²) in [5.74, 6) is -0.394. The fraction of sp³-hybridized carbons (Fsp3) is 0.423. The number of rotatable bonds is 7. The Balaban J connectivity index is 1.73. The number of amides is 3. The van der Waals surface area contributed by atoms with E-state index < -0.39 is 6.04 Å². The van der Waals surface area contributed by atoms with Crippen LogP contribution in [0.25, 0.3) is 0 Å². The molecule has 1 unspecified atom stereocenters. The molecular formula is C26H32ClN3O3. The van der Waals surface area contributed by atoms with Crippen LogP contribution >= 0.6 is 11.6 Å². The maximum atomic E-state index is 13.3. The minimum Gasteiger partial charge on any atom is -0.341 e. The zero-order chi connectivity index (χ0) is 24.0. The molecule has 1 fully saturated rings. The molecule has 6 nitrogen and oxygen atoms in total. The lowest BCUT2D eigenvalue weighted by Gasteiger charge is -2.37. The molecule has 2 aromatic rings. The van der Waals surface area contributed by atoms with Crippen LogP contribution in [0.5, 0.6) is 0 Å². The van der Waals surface area contributed by atoms with Gasteiger partial charge in [-0.15, -0.1) is 0 Å². The van der Waals surface area contributed by atoms with Crippen LogP contribution in [0.2, 0.25) is 5.02 Å². The van der Waals surface area contributed by atoms with Crippen molar-refractivity contribution in [3.05, 3.63) is 70.2 Å². The number of nitrogens with one attached hydrogen (secondary N) is 1. The van der Waals surface area contributed by atoms with E-state index in [4.69, 9.17) is 11.6 Å². The molecule has 1 N–H and O–H groups in total. The summed E-state index contributed by atoms with van der Waals surface area (Å²) in [4.78, 5) is 42.7. The SMILES string of the molecule is CCN(CC)C(=O)C(NC(=O)c1cccc(C)c1)C1CCN(C(=O)c2ccc(Cl)cc2)CC1. The standard InChI is InChI=1S/C26H32ClN3O3/c1-4-29(5-2)26(33)23(28-24(31)21-8-6-7-18(3)17-21)19-13-15-30(16-14-19)25(32)20-9-11-22(27)12-10-20/h6-12,17,19,23H,4-5,13-16H2,1-3H3,(H,28,31). The van der Waals surface area contributed by atoms with Gasteiger partial charge in [0.2, 0.25) is 5.91 Å². The number of nitrogens with zero attached hydrogens (tertiary/aromatic N) is 2. The number of carbonyl (C=O) groups is 3. The molecule has 0 bridgehead atoms. The first-order chi connectivity index (χ1) is 15.8. The molecular weight excluding hydrogens is 438 g/mol. The molecule has 0 aliphatic carbocycles. The molecule has 176 valence electrons. The Morgan fingerprint density at radius 2 is 1.67 bits per heavy atom. The summed E-state index contributed by atoms with van der Waals surface area (Å²) in [6.07, 6.45) is 1.29. The van der Waals surface area contributed by atoms with Crippen molar-refractivity contribution in [3.8, 4) is 0 Å². The number of hydrogen-bond acceptors (Lipinski definition) is 3. The maximum absolute atomic E-state index is 13.3. The molecule has 7 heteroatoms. The monoisotopic (exact) mass is 469 g/mol. The number of hydrogen-bond donors (Lipinski definition) is 1. The van der Waals surface area contributed by atoms with E-state index in [0.717, 1.165) is 5.56 Å². The summed E-state index contributed by atoms with van der Waals surface area (Å²) < 4.78 is 0. The summed E-state index contributed by atoms with van der Waals surface area (Å²) in [5, 5.41) is 3.60. The van der Waals surface area contributed by atoms with Crippen LogP contribution in [0.15, 0.2) is 48.5 Å². The molecule has 2 aromatic carbocycles. The van der Waals surface area contributed by atoms with Crippen molar-refractivity contribution in [1.82, 2.24) is 15.1 Å². The Hall–Kier alpha value is -2.86. The van der Waals surface area contributed by atoms with E-state index in [9.17, 15) is 14.4 Å². The van der Waals surface area contributed by atoms with Crippen LogP contribution in [0, 0.1) is 12.8 Å². The number of benzene rings is 2. The van der Waals surface area contributed by atoms with Gasteiger partial charge >= 0.3 is 0 Å². The molecule has 3 amide bonds. The van der Waals surface area contributed by atoms with E-state index in [1.807, 2.05) is 39.0 Å².